The lowest BCUT2D eigenvalue weighted by Gasteiger charge is -2.18. The van der Waals surface area contributed by atoms with Gasteiger partial charge in [-0.25, -0.2) is 0 Å². The van der Waals surface area contributed by atoms with Crippen molar-refractivity contribution in [1.29, 1.82) is 0 Å². The molecule has 106 valence electrons. The first kappa shape index (κ1) is 14.6. The molecule has 1 amide bonds. The molecule has 1 heterocycles. The molecule has 0 saturated carbocycles. The number of rotatable bonds is 5. The highest BCUT2D eigenvalue weighted by atomic mass is 35.5. The summed E-state index contributed by atoms with van der Waals surface area (Å²) in [5.74, 6) is 0.696. The van der Waals surface area contributed by atoms with E-state index in [-0.39, 0.29) is 18.0 Å². The van der Waals surface area contributed by atoms with Crippen molar-refractivity contribution in [1.82, 2.24) is 5.32 Å². The van der Waals surface area contributed by atoms with Gasteiger partial charge in [0.15, 0.2) is 0 Å². The third kappa shape index (κ3) is 3.85. The molecule has 0 bridgehead atoms. The van der Waals surface area contributed by atoms with Gasteiger partial charge >= 0.3 is 0 Å². The molecule has 0 aliphatic carbocycles. The zero-order valence-corrected chi connectivity index (χ0v) is 12.1. The Labute approximate surface area is 123 Å². The minimum absolute atomic E-state index is 0.0315. The zero-order chi connectivity index (χ0) is 14.5. The van der Waals surface area contributed by atoms with E-state index in [1.165, 1.54) is 0 Å². The predicted molar refractivity (Wildman–Crippen MR) is 79.8 cm³/mol. The van der Waals surface area contributed by atoms with E-state index >= 15 is 0 Å². The normalized spacial score (nSPS) is 13.8. The van der Waals surface area contributed by atoms with Crippen molar-refractivity contribution in [2.24, 2.45) is 0 Å². The van der Waals surface area contributed by atoms with E-state index in [2.05, 4.69) is 10.6 Å². The summed E-state index contributed by atoms with van der Waals surface area (Å²) in [6.07, 6.45) is 1.62. The molecule has 0 aliphatic heterocycles. The first-order valence-corrected chi connectivity index (χ1v) is 6.80. The van der Waals surface area contributed by atoms with Crippen LogP contribution in [0.1, 0.15) is 25.6 Å². The number of anilines is 1. The lowest BCUT2D eigenvalue weighted by molar-refractivity contribution is -0.118. The molecule has 0 aliphatic rings. The van der Waals surface area contributed by atoms with Crippen molar-refractivity contribution >= 4 is 23.2 Å². The van der Waals surface area contributed by atoms with Gasteiger partial charge in [0, 0.05) is 10.7 Å². The molecule has 0 spiro atoms. The van der Waals surface area contributed by atoms with Crippen LogP contribution >= 0.6 is 11.6 Å². The Kier molecular flexibility index (Phi) is 4.82. The topological polar surface area (TPSA) is 54.3 Å². The van der Waals surface area contributed by atoms with Crippen molar-refractivity contribution in [2.45, 2.75) is 25.9 Å². The number of carbonyl (C=O) groups excluding carboxylic acids is 1. The maximum Gasteiger partial charge on any atom is 0.241 e. The van der Waals surface area contributed by atoms with Crippen LogP contribution in [-0.4, -0.2) is 11.9 Å². The molecule has 20 heavy (non-hydrogen) atoms. The molecule has 0 saturated heterocycles. The summed E-state index contributed by atoms with van der Waals surface area (Å²) >= 11 is 5.80. The van der Waals surface area contributed by atoms with Crippen molar-refractivity contribution in [3.63, 3.8) is 0 Å². The summed E-state index contributed by atoms with van der Waals surface area (Å²) in [6.45, 7) is 3.76. The van der Waals surface area contributed by atoms with Crippen LogP contribution in [0.15, 0.2) is 47.1 Å². The Morgan fingerprint density at radius 3 is 2.50 bits per heavy atom. The van der Waals surface area contributed by atoms with Crippen LogP contribution in [0.5, 0.6) is 0 Å². The lowest BCUT2D eigenvalue weighted by Crippen LogP contribution is -2.39. The molecule has 2 N–H and O–H groups in total. The minimum atomic E-state index is -0.342. The Bertz CT molecular complexity index is 552. The number of halogens is 1. The molecular weight excluding hydrogens is 276 g/mol. The second-order valence-corrected chi connectivity index (χ2v) is 5.06. The van der Waals surface area contributed by atoms with E-state index in [4.69, 9.17) is 16.0 Å². The van der Waals surface area contributed by atoms with Crippen LogP contribution in [0.3, 0.4) is 0 Å². The van der Waals surface area contributed by atoms with Crippen LogP contribution in [0.2, 0.25) is 5.02 Å². The van der Waals surface area contributed by atoms with Gasteiger partial charge in [-0.1, -0.05) is 11.6 Å². The first-order chi connectivity index (χ1) is 9.56. The summed E-state index contributed by atoms with van der Waals surface area (Å²) in [4.78, 5) is 12.1. The Hall–Kier alpha value is -1.78. The molecule has 0 radical (unpaired) electrons. The number of hydrogen-bond donors (Lipinski definition) is 2. The third-order valence-corrected chi connectivity index (χ3v) is 3.23. The Morgan fingerprint density at radius 2 is 1.90 bits per heavy atom. The summed E-state index contributed by atoms with van der Waals surface area (Å²) < 4.78 is 5.30. The highest BCUT2D eigenvalue weighted by molar-refractivity contribution is 6.30. The van der Waals surface area contributed by atoms with Crippen LogP contribution in [0.25, 0.3) is 0 Å². The van der Waals surface area contributed by atoms with Crippen LogP contribution in [0.4, 0.5) is 5.69 Å². The van der Waals surface area contributed by atoms with E-state index in [1.54, 1.807) is 30.5 Å². The monoisotopic (exact) mass is 292 g/mol. The fourth-order valence-corrected chi connectivity index (χ4v) is 1.98. The van der Waals surface area contributed by atoms with Gasteiger partial charge in [0.1, 0.15) is 5.76 Å². The van der Waals surface area contributed by atoms with Gasteiger partial charge in [-0.15, -0.1) is 0 Å². The van der Waals surface area contributed by atoms with Crippen molar-refractivity contribution in [2.75, 3.05) is 5.32 Å². The van der Waals surface area contributed by atoms with Crippen LogP contribution in [0, 0.1) is 0 Å². The SMILES string of the molecule is C[C@H](N[C@H](C)c1ccco1)C(=O)Nc1ccc(Cl)cc1. The number of amides is 1. The minimum Gasteiger partial charge on any atom is -0.468 e. The highest BCUT2D eigenvalue weighted by Crippen LogP contribution is 2.15. The number of furan rings is 1. The molecule has 1 aromatic carbocycles. The second-order valence-electron chi connectivity index (χ2n) is 4.62. The summed E-state index contributed by atoms with van der Waals surface area (Å²) in [6, 6.07) is 10.3. The van der Waals surface area contributed by atoms with Gasteiger partial charge in [-0.05, 0) is 50.2 Å². The van der Waals surface area contributed by atoms with Gasteiger partial charge in [-0.2, -0.15) is 0 Å². The van der Waals surface area contributed by atoms with Crippen molar-refractivity contribution in [3.05, 3.63) is 53.4 Å². The highest BCUT2D eigenvalue weighted by Gasteiger charge is 2.17. The maximum absolute atomic E-state index is 12.1. The van der Waals surface area contributed by atoms with Gasteiger partial charge in [-0.3, -0.25) is 10.1 Å². The molecule has 2 rings (SSSR count). The number of nitrogens with one attached hydrogen (secondary N) is 2. The fraction of sp³-hybridized carbons (Fsp3) is 0.267. The average Bonchev–Trinajstić information content (AvgIpc) is 2.95. The van der Waals surface area contributed by atoms with Crippen molar-refractivity contribution < 1.29 is 9.21 Å². The molecule has 2 aromatic rings. The summed E-state index contributed by atoms with van der Waals surface area (Å²) in [7, 11) is 0. The van der Waals surface area contributed by atoms with E-state index < -0.39 is 0 Å². The molecule has 2 atom stereocenters. The average molecular weight is 293 g/mol. The van der Waals surface area contributed by atoms with Gasteiger partial charge < -0.3 is 9.73 Å². The molecule has 1 aromatic heterocycles. The quantitative estimate of drug-likeness (QED) is 0.885. The molecule has 5 heteroatoms. The number of hydrogen-bond acceptors (Lipinski definition) is 3. The molecule has 0 unspecified atom stereocenters. The molecular formula is C15H17ClN2O2. The maximum atomic E-state index is 12.1. The first-order valence-electron chi connectivity index (χ1n) is 6.42. The van der Waals surface area contributed by atoms with Crippen molar-refractivity contribution in [3.8, 4) is 0 Å². The summed E-state index contributed by atoms with van der Waals surface area (Å²) in [5.41, 5.74) is 0.721. The fourth-order valence-electron chi connectivity index (χ4n) is 1.85. The molecule has 4 nitrogen and oxygen atoms in total. The Morgan fingerprint density at radius 1 is 1.20 bits per heavy atom. The lowest BCUT2D eigenvalue weighted by atomic mass is 10.2. The van der Waals surface area contributed by atoms with Gasteiger partial charge in [0.05, 0.1) is 18.3 Å². The van der Waals surface area contributed by atoms with E-state index in [0.717, 1.165) is 11.4 Å². The van der Waals surface area contributed by atoms with E-state index in [0.29, 0.717) is 5.02 Å². The second kappa shape index (κ2) is 6.59. The van der Waals surface area contributed by atoms with Crippen LogP contribution < -0.4 is 10.6 Å². The van der Waals surface area contributed by atoms with E-state index in [9.17, 15) is 4.79 Å². The Balaban J connectivity index is 1.90. The standard InChI is InChI=1S/C15H17ClN2O2/c1-10(14-4-3-9-20-14)17-11(2)15(19)18-13-7-5-12(16)6-8-13/h3-11,17H,1-2H3,(H,18,19)/t10-,11+/m1/s1. The van der Waals surface area contributed by atoms with Gasteiger partial charge in [0.25, 0.3) is 0 Å². The third-order valence-electron chi connectivity index (χ3n) is 2.98. The van der Waals surface area contributed by atoms with Crippen LogP contribution in [-0.2, 0) is 4.79 Å². The molecule has 0 fully saturated rings. The smallest absolute Gasteiger partial charge is 0.241 e. The van der Waals surface area contributed by atoms with Gasteiger partial charge in [0.2, 0.25) is 5.91 Å². The zero-order valence-electron chi connectivity index (χ0n) is 11.4. The number of carbonyl (C=O) groups is 1. The largest absolute Gasteiger partial charge is 0.468 e. The predicted octanol–water partition coefficient (Wildman–Crippen LogP) is 3.61. The summed E-state index contributed by atoms with van der Waals surface area (Å²) in [5, 5.41) is 6.65. The number of benzene rings is 1. The van der Waals surface area contributed by atoms with E-state index in [1.807, 2.05) is 26.0 Å².